The first kappa shape index (κ1) is 15.6. The first-order valence-electron chi connectivity index (χ1n) is 4.45. The molecule has 0 bridgehead atoms. The van der Waals surface area contributed by atoms with Crippen LogP contribution in [0.15, 0.2) is 0 Å². The number of halogens is 3. The van der Waals surface area contributed by atoms with Crippen LogP contribution in [0.3, 0.4) is 0 Å². The highest BCUT2D eigenvalue weighted by Crippen LogP contribution is 2.49. The van der Waals surface area contributed by atoms with Gasteiger partial charge in [0.1, 0.15) is 0 Å². The second-order valence-corrected chi connectivity index (χ2v) is 10.0. The Hall–Kier alpha value is 1.57. The van der Waals surface area contributed by atoms with Gasteiger partial charge >= 0.3 is 0 Å². The van der Waals surface area contributed by atoms with Gasteiger partial charge in [-0.05, 0) is 5.92 Å². The van der Waals surface area contributed by atoms with Crippen molar-refractivity contribution < 1.29 is 0 Å². The van der Waals surface area contributed by atoms with E-state index in [9.17, 15) is 0 Å². The zero-order chi connectivity index (χ0) is 11.6. The van der Waals surface area contributed by atoms with Crippen molar-refractivity contribution in [1.29, 1.82) is 0 Å². The van der Waals surface area contributed by atoms with Crippen LogP contribution in [0.25, 0.3) is 0 Å². The van der Waals surface area contributed by atoms with Gasteiger partial charge in [0.15, 0.2) is 0 Å². The van der Waals surface area contributed by atoms with Gasteiger partial charge in [0.2, 0.25) is 3.79 Å². The summed E-state index contributed by atoms with van der Waals surface area (Å²) in [4.78, 5) is 0. The Balaban J connectivity index is 4.27. The molecule has 0 N–H and O–H groups in total. The summed E-state index contributed by atoms with van der Waals surface area (Å²) in [6.45, 7) is 10.6. The van der Waals surface area contributed by atoms with Crippen LogP contribution >= 0.6 is 56.4 Å². The van der Waals surface area contributed by atoms with Crippen LogP contribution in [0.1, 0.15) is 34.6 Å². The zero-order valence-corrected chi connectivity index (χ0v) is 13.0. The molecule has 0 rings (SSSR count). The molecule has 0 saturated heterocycles. The molecule has 0 aliphatic rings. The van der Waals surface area contributed by atoms with E-state index in [1.807, 2.05) is 0 Å². The summed E-state index contributed by atoms with van der Waals surface area (Å²) in [5.74, 6) is 0.349. The Labute approximate surface area is 110 Å². The average Bonchev–Trinajstić information content (AvgIpc) is 1.79. The molecular formula is C9H17Cl3S2. The third-order valence-electron chi connectivity index (χ3n) is 1.33. The summed E-state index contributed by atoms with van der Waals surface area (Å²) in [6.07, 6.45) is 0. The summed E-state index contributed by atoms with van der Waals surface area (Å²) in [7, 11) is 3.42. The minimum Gasteiger partial charge on any atom is -0.0877 e. The number of hydrogen-bond acceptors (Lipinski definition) is 2. The van der Waals surface area contributed by atoms with Gasteiger partial charge in [-0.2, -0.15) is 0 Å². The van der Waals surface area contributed by atoms with Crippen LogP contribution in [-0.4, -0.2) is 13.8 Å². The molecule has 0 aromatic carbocycles. The van der Waals surface area contributed by atoms with Gasteiger partial charge in [-0.15, -0.1) is 0 Å². The average molecular weight is 296 g/mol. The largest absolute Gasteiger partial charge is 0.203 e. The maximum Gasteiger partial charge on any atom is 0.203 e. The van der Waals surface area contributed by atoms with Crippen molar-refractivity contribution in [3.63, 3.8) is 0 Å². The van der Waals surface area contributed by atoms with E-state index in [1.54, 1.807) is 21.6 Å². The molecule has 0 spiro atoms. The second-order valence-electron chi connectivity index (χ2n) is 4.50. The fourth-order valence-electron chi connectivity index (χ4n) is 0.740. The quantitative estimate of drug-likeness (QED) is 0.494. The lowest BCUT2D eigenvalue weighted by molar-refractivity contribution is 0.617. The molecule has 0 nitrogen and oxygen atoms in total. The number of rotatable bonds is 3. The number of hydrogen-bond donors (Lipinski definition) is 0. The topological polar surface area (TPSA) is 0 Å². The summed E-state index contributed by atoms with van der Waals surface area (Å²) in [5.41, 5.74) is 0. The molecule has 0 unspecified atom stereocenters. The fourth-order valence-corrected chi connectivity index (χ4v) is 5.37. The molecule has 86 valence electrons. The molecule has 5 heteroatoms. The highest BCUT2D eigenvalue weighted by molar-refractivity contribution is 8.77. The summed E-state index contributed by atoms with van der Waals surface area (Å²) in [6, 6.07) is 0. The predicted octanol–water partition coefficient (Wildman–Crippen LogP) is 5.56. The van der Waals surface area contributed by atoms with Gasteiger partial charge in [-0.25, -0.2) is 0 Å². The lowest BCUT2D eigenvalue weighted by atomic mass is 10.1. The molecule has 0 aliphatic heterocycles. The highest BCUT2D eigenvalue weighted by Gasteiger charge is 2.36. The van der Waals surface area contributed by atoms with Crippen LogP contribution in [0.2, 0.25) is 0 Å². The molecule has 0 fully saturated rings. The van der Waals surface area contributed by atoms with Crippen molar-refractivity contribution in [3.05, 3.63) is 0 Å². The molecule has 0 saturated carbocycles. The molecular weight excluding hydrogens is 279 g/mol. The molecule has 14 heavy (non-hydrogen) atoms. The maximum absolute atomic E-state index is 5.92. The van der Waals surface area contributed by atoms with Crippen molar-refractivity contribution >= 4 is 56.4 Å². The van der Waals surface area contributed by atoms with Crippen LogP contribution in [0.4, 0.5) is 0 Å². The Kier molecular flexibility index (Phi) is 6.41. The van der Waals surface area contributed by atoms with E-state index in [0.717, 1.165) is 0 Å². The van der Waals surface area contributed by atoms with Crippen molar-refractivity contribution in [1.82, 2.24) is 0 Å². The Bertz CT molecular complexity index is 170. The minimum absolute atomic E-state index is 0.0247. The third-order valence-corrected chi connectivity index (χ3v) is 6.54. The van der Waals surface area contributed by atoms with Crippen molar-refractivity contribution in [2.75, 3.05) is 0 Å². The summed E-state index contributed by atoms with van der Waals surface area (Å²) >= 11 is 17.8. The number of alkyl halides is 3. The van der Waals surface area contributed by atoms with E-state index in [2.05, 4.69) is 34.6 Å². The highest BCUT2D eigenvalue weighted by atomic mass is 35.6. The third kappa shape index (κ3) is 6.95. The van der Waals surface area contributed by atoms with Gasteiger partial charge in [-0.1, -0.05) is 91.0 Å². The standard InChI is InChI=1S/C9H17Cl3S2/c1-6(2)7(9(10,11)12)13-14-8(3,4)5/h6-7H,1-5H3/t7-/m0/s1. The smallest absolute Gasteiger partial charge is 0.0877 e. The fraction of sp³-hybridized carbons (Fsp3) is 1.00. The van der Waals surface area contributed by atoms with E-state index in [4.69, 9.17) is 34.8 Å². The normalized spacial score (nSPS) is 16.1. The minimum atomic E-state index is -1.18. The van der Waals surface area contributed by atoms with Gasteiger partial charge in [0, 0.05) is 4.75 Å². The van der Waals surface area contributed by atoms with Gasteiger partial charge in [-0.3, -0.25) is 0 Å². The molecule has 0 radical (unpaired) electrons. The van der Waals surface area contributed by atoms with Crippen LogP contribution in [0.5, 0.6) is 0 Å². The Morgan fingerprint density at radius 3 is 1.64 bits per heavy atom. The Morgan fingerprint density at radius 2 is 1.43 bits per heavy atom. The van der Waals surface area contributed by atoms with E-state index < -0.39 is 3.79 Å². The molecule has 0 aliphatic carbocycles. The zero-order valence-electron chi connectivity index (χ0n) is 9.11. The summed E-state index contributed by atoms with van der Waals surface area (Å²) in [5, 5.41) is 0.0247. The van der Waals surface area contributed by atoms with Crippen LogP contribution in [0, 0.1) is 5.92 Å². The monoisotopic (exact) mass is 294 g/mol. The van der Waals surface area contributed by atoms with Crippen molar-refractivity contribution in [2.45, 2.75) is 48.4 Å². The molecule has 1 atom stereocenters. The van der Waals surface area contributed by atoms with Crippen LogP contribution in [-0.2, 0) is 0 Å². The summed E-state index contributed by atoms with van der Waals surface area (Å²) < 4.78 is -0.995. The molecule has 0 aromatic heterocycles. The van der Waals surface area contributed by atoms with Gasteiger partial charge < -0.3 is 0 Å². The predicted molar refractivity (Wildman–Crippen MR) is 73.9 cm³/mol. The Morgan fingerprint density at radius 1 is 1.00 bits per heavy atom. The van der Waals surface area contributed by atoms with E-state index in [0.29, 0.717) is 5.92 Å². The first-order chi connectivity index (χ1) is 6.04. The van der Waals surface area contributed by atoms with Gasteiger partial charge in [0.25, 0.3) is 0 Å². The van der Waals surface area contributed by atoms with Crippen molar-refractivity contribution in [2.24, 2.45) is 5.92 Å². The van der Waals surface area contributed by atoms with E-state index >= 15 is 0 Å². The molecule has 0 heterocycles. The van der Waals surface area contributed by atoms with Crippen molar-refractivity contribution in [3.8, 4) is 0 Å². The van der Waals surface area contributed by atoms with Gasteiger partial charge in [0.05, 0.1) is 5.25 Å². The SMILES string of the molecule is CC(C)[C@H](SSC(C)(C)C)C(Cl)(Cl)Cl. The first-order valence-corrected chi connectivity index (χ1v) is 7.80. The maximum atomic E-state index is 5.92. The molecule has 0 aromatic rings. The van der Waals surface area contributed by atoms with E-state index in [1.165, 1.54) is 0 Å². The van der Waals surface area contributed by atoms with Crippen LogP contribution < -0.4 is 0 Å². The lowest BCUT2D eigenvalue weighted by Gasteiger charge is -2.29. The molecule has 0 amide bonds. The second kappa shape index (κ2) is 5.77. The van der Waals surface area contributed by atoms with E-state index in [-0.39, 0.29) is 10.00 Å². The lowest BCUT2D eigenvalue weighted by Crippen LogP contribution is -2.27.